The molecule has 3 heterocycles. The van der Waals surface area contributed by atoms with Crippen LogP contribution in [0.5, 0.6) is 0 Å². The van der Waals surface area contributed by atoms with E-state index >= 15 is 0 Å². The standard InChI is InChI=1S/C14H16N4O2/c1-17-9-16-12-7-18(10(8-19)6-13(12)17)14(20)11-4-2-3-5-15-11/h2-5,9-10,19H,6-8H2,1H3/t10-/m0/s1. The highest BCUT2D eigenvalue weighted by Gasteiger charge is 2.32. The number of aliphatic hydroxyl groups excluding tert-OH is 1. The Morgan fingerprint density at radius 3 is 3.00 bits per heavy atom. The van der Waals surface area contributed by atoms with Crippen LogP contribution in [0.3, 0.4) is 0 Å². The zero-order chi connectivity index (χ0) is 14.1. The molecule has 104 valence electrons. The number of hydrogen-bond acceptors (Lipinski definition) is 4. The van der Waals surface area contributed by atoms with Crippen molar-refractivity contribution in [2.45, 2.75) is 19.0 Å². The second-order valence-corrected chi connectivity index (χ2v) is 4.94. The summed E-state index contributed by atoms with van der Waals surface area (Å²) in [6, 6.07) is 5.01. The third-order valence-corrected chi connectivity index (χ3v) is 3.69. The summed E-state index contributed by atoms with van der Waals surface area (Å²) in [6.07, 6.45) is 3.95. The van der Waals surface area contributed by atoms with Crippen molar-refractivity contribution in [3.05, 3.63) is 47.8 Å². The maximum atomic E-state index is 12.5. The van der Waals surface area contributed by atoms with Gasteiger partial charge in [0.05, 0.1) is 31.2 Å². The number of pyridine rings is 1. The van der Waals surface area contributed by atoms with Crippen LogP contribution in [0.25, 0.3) is 0 Å². The molecule has 6 heteroatoms. The first-order chi connectivity index (χ1) is 9.70. The molecule has 2 aromatic rings. The van der Waals surface area contributed by atoms with Gasteiger partial charge in [-0.15, -0.1) is 0 Å². The SMILES string of the molecule is Cn1cnc2c1C[C@@H](CO)N(C(=O)c1ccccn1)C2. The van der Waals surface area contributed by atoms with Gasteiger partial charge in [0.2, 0.25) is 0 Å². The highest BCUT2D eigenvalue weighted by Crippen LogP contribution is 2.23. The first-order valence-electron chi connectivity index (χ1n) is 6.52. The van der Waals surface area contributed by atoms with Gasteiger partial charge in [-0.3, -0.25) is 9.78 Å². The Labute approximate surface area is 116 Å². The van der Waals surface area contributed by atoms with Crippen molar-refractivity contribution in [3.63, 3.8) is 0 Å². The van der Waals surface area contributed by atoms with Gasteiger partial charge in [0.1, 0.15) is 5.69 Å². The Kier molecular flexibility index (Phi) is 3.23. The summed E-state index contributed by atoms with van der Waals surface area (Å²) < 4.78 is 1.95. The lowest BCUT2D eigenvalue weighted by Crippen LogP contribution is -2.46. The molecule has 0 saturated carbocycles. The molecule has 3 rings (SSSR count). The number of fused-ring (bicyclic) bond motifs is 1. The second-order valence-electron chi connectivity index (χ2n) is 4.94. The summed E-state index contributed by atoms with van der Waals surface area (Å²) in [6.45, 7) is 0.347. The molecule has 1 amide bonds. The molecule has 0 spiro atoms. The third-order valence-electron chi connectivity index (χ3n) is 3.69. The Morgan fingerprint density at radius 1 is 1.45 bits per heavy atom. The first kappa shape index (κ1) is 12.8. The summed E-state index contributed by atoms with van der Waals surface area (Å²) in [5.41, 5.74) is 2.36. The van der Waals surface area contributed by atoms with Gasteiger partial charge in [0.15, 0.2) is 0 Å². The zero-order valence-corrected chi connectivity index (χ0v) is 11.2. The summed E-state index contributed by atoms with van der Waals surface area (Å²) in [5.74, 6) is -0.166. The minimum absolute atomic E-state index is 0.0663. The first-order valence-corrected chi connectivity index (χ1v) is 6.52. The Balaban J connectivity index is 1.91. The van der Waals surface area contributed by atoms with E-state index in [-0.39, 0.29) is 18.6 Å². The van der Waals surface area contributed by atoms with Crippen LogP contribution in [0.1, 0.15) is 21.9 Å². The van der Waals surface area contributed by atoms with E-state index in [1.165, 1.54) is 0 Å². The number of aryl methyl sites for hydroxylation is 1. The smallest absolute Gasteiger partial charge is 0.273 e. The van der Waals surface area contributed by atoms with E-state index in [0.29, 0.717) is 18.7 Å². The van der Waals surface area contributed by atoms with Gasteiger partial charge in [-0.2, -0.15) is 0 Å². The number of amides is 1. The number of hydrogen-bond donors (Lipinski definition) is 1. The van der Waals surface area contributed by atoms with Gasteiger partial charge in [-0.1, -0.05) is 6.07 Å². The lowest BCUT2D eigenvalue weighted by atomic mass is 10.0. The van der Waals surface area contributed by atoms with E-state index in [4.69, 9.17) is 0 Å². The molecule has 2 aromatic heterocycles. The number of aliphatic hydroxyl groups is 1. The van der Waals surface area contributed by atoms with E-state index in [0.717, 1.165) is 11.4 Å². The normalized spacial score (nSPS) is 17.9. The van der Waals surface area contributed by atoms with Crippen LogP contribution in [0.4, 0.5) is 0 Å². The number of rotatable bonds is 2. The van der Waals surface area contributed by atoms with Crippen molar-refractivity contribution < 1.29 is 9.90 Å². The van der Waals surface area contributed by atoms with Gasteiger partial charge in [0.25, 0.3) is 5.91 Å². The van der Waals surface area contributed by atoms with Crippen molar-refractivity contribution in [1.82, 2.24) is 19.4 Å². The summed E-state index contributed by atoms with van der Waals surface area (Å²) in [7, 11) is 1.93. The molecule has 0 saturated heterocycles. The molecular formula is C14H16N4O2. The van der Waals surface area contributed by atoms with E-state index in [2.05, 4.69) is 9.97 Å². The lowest BCUT2D eigenvalue weighted by molar-refractivity contribution is 0.0530. The molecule has 0 aliphatic carbocycles. The molecule has 1 N–H and O–H groups in total. The van der Waals surface area contributed by atoms with Crippen molar-refractivity contribution in [2.75, 3.05) is 6.61 Å². The Hall–Kier alpha value is -2.21. The van der Waals surface area contributed by atoms with Crippen molar-refractivity contribution >= 4 is 5.91 Å². The Morgan fingerprint density at radius 2 is 2.30 bits per heavy atom. The molecule has 6 nitrogen and oxygen atoms in total. The quantitative estimate of drug-likeness (QED) is 0.857. The van der Waals surface area contributed by atoms with Crippen LogP contribution >= 0.6 is 0 Å². The van der Waals surface area contributed by atoms with Gasteiger partial charge in [-0.25, -0.2) is 4.98 Å². The third kappa shape index (κ3) is 2.08. The fraction of sp³-hybridized carbons (Fsp3) is 0.357. The van der Waals surface area contributed by atoms with E-state index in [1.54, 1.807) is 35.6 Å². The number of imidazole rings is 1. The zero-order valence-electron chi connectivity index (χ0n) is 11.2. The van der Waals surface area contributed by atoms with Gasteiger partial charge >= 0.3 is 0 Å². The molecule has 0 bridgehead atoms. The van der Waals surface area contributed by atoms with Crippen molar-refractivity contribution in [2.24, 2.45) is 7.05 Å². The van der Waals surface area contributed by atoms with Crippen LogP contribution in [0.15, 0.2) is 30.7 Å². The molecule has 0 fully saturated rings. The molecule has 1 atom stereocenters. The van der Waals surface area contributed by atoms with Crippen molar-refractivity contribution in [3.8, 4) is 0 Å². The predicted octanol–water partition coefficient (Wildman–Crippen LogP) is 0.374. The van der Waals surface area contributed by atoms with Gasteiger partial charge in [-0.05, 0) is 12.1 Å². The number of carbonyl (C=O) groups is 1. The summed E-state index contributed by atoms with van der Waals surface area (Å²) in [4.78, 5) is 22.6. The summed E-state index contributed by atoms with van der Waals surface area (Å²) >= 11 is 0. The molecule has 0 radical (unpaired) electrons. The average molecular weight is 272 g/mol. The van der Waals surface area contributed by atoms with Gasteiger partial charge in [0, 0.05) is 25.4 Å². The summed E-state index contributed by atoms with van der Waals surface area (Å²) in [5, 5.41) is 9.57. The molecule has 0 unspecified atom stereocenters. The van der Waals surface area contributed by atoms with Crippen LogP contribution in [-0.4, -0.2) is 43.1 Å². The van der Waals surface area contributed by atoms with E-state index < -0.39 is 0 Å². The minimum atomic E-state index is -0.229. The highest BCUT2D eigenvalue weighted by molar-refractivity contribution is 5.92. The largest absolute Gasteiger partial charge is 0.394 e. The molecule has 1 aliphatic rings. The van der Waals surface area contributed by atoms with Gasteiger partial charge < -0.3 is 14.6 Å². The average Bonchev–Trinajstić information content (AvgIpc) is 2.87. The molecule has 1 aliphatic heterocycles. The molecule has 0 aromatic carbocycles. The number of carbonyl (C=O) groups excluding carboxylic acids is 1. The van der Waals surface area contributed by atoms with Crippen LogP contribution in [0.2, 0.25) is 0 Å². The monoisotopic (exact) mass is 272 g/mol. The van der Waals surface area contributed by atoms with Crippen molar-refractivity contribution in [1.29, 1.82) is 0 Å². The van der Waals surface area contributed by atoms with Crippen LogP contribution < -0.4 is 0 Å². The van der Waals surface area contributed by atoms with Crippen LogP contribution in [-0.2, 0) is 20.0 Å². The van der Waals surface area contributed by atoms with Crippen LogP contribution in [0, 0.1) is 0 Å². The number of nitrogens with zero attached hydrogens (tertiary/aromatic N) is 4. The maximum absolute atomic E-state index is 12.5. The fourth-order valence-corrected chi connectivity index (χ4v) is 2.56. The topological polar surface area (TPSA) is 71.2 Å². The fourth-order valence-electron chi connectivity index (χ4n) is 2.56. The lowest BCUT2D eigenvalue weighted by Gasteiger charge is -2.34. The maximum Gasteiger partial charge on any atom is 0.273 e. The van der Waals surface area contributed by atoms with E-state index in [1.807, 2.05) is 11.6 Å². The predicted molar refractivity (Wildman–Crippen MR) is 71.9 cm³/mol. The Bertz CT molecular complexity index is 623. The minimum Gasteiger partial charge on any atom is -0.394 e. The molecular weight excluding hydrogens is 256 g/mol. The van der Waals surface area contributed by atoms with E-state index in [9.17, 15) is 9.90 Å². The second kappa shape index (κ2) is 5.05. The molecule has 20 heavy (non-hydrogen) atoms. The highest BCUT2D eigenvalue weighted by atomic mass is 16.3. The number of aromatic nitrogens is 3.